The Morgan fingerprint density at radius 2 is 1.63 bits per heavy atom. The van der Waals surface area contributed by atoms with Crippen molar-refractivity contribution in [2.24, 2.45) is 0 Å². The second kappa shape index (κ2) is 21.0. The molecule has 1 N–H and O–H groups in total. The van der Waals surface area contributed by atoms with Crippen LogP contribution in [-0.2, 0) is 18.5 Å². The van der Waals surface area contributed by atoms with Crippen molar-refractivity contribution in [1.82, 2.24) is 0 Å². The molecule has 0 aliphatic rings. The van der Waals surface area contributed by atoms with Gasteiger partial charge in [-0.05, 0) is 24.5 Å². The first-order valence-electron chi connectivity index (χ1n) is 13.3. The second-order valence-electron chi connectivity index (χ2n) is 9.90. The summed E-state index contributed by atoms with van der Waals surface area (Å²) in [5.74, 6) is 6.26. The Hall–Kier alpha value is -1.85. The number of unbranched alkanes of at least 4 members (excludes halogenated alkanes) is 5. The predicted molar refractivity (Wildman–Crippen MR) is 155 cm³/mol. The molecule has 212 valence electrons. The summed E-state index contributed by atoms with van der Waals surface area (Å²) in [6, 6.07) is 10.2. The predicted octanol–water partition coefficient (Wildman–Crippen LogP) is 4.96. The minimum absolute atomic E-state index is 0.0630. The lowest BCUT2D eigenvalue weighted by molar-refractivity contribution is -0.870. The van der Waals surface area contributed by atoms with Crippen molar-refractivity contribution in [3.05, 3.63) is 66.3 Å². The third-order valence-electron chi connectivity index (χ3n) is 5.37. The lowest BCUT2D eigenvalue weighted by atomic mass is 10.1. The zero-order valence-electron chi connectivity index (χ0n) is 23.6. The lowest BCUT2D eigenvalue weighted by Gasteiger charge is -2.26. The van der Waals surface area contributed by atoms with Gasteiger partial charge in [0.1, 0.15) is 25.9 Å². The number of ether oxygens (including phenoxy) is 2. The summed E-state index contributed by atoms with van der Waals surface area (Å²) in [6.07, 6.45) is 17.8. The van der Waals surface area contributed by atoms with Crippen molar-refractivity contribution in [3.8, 4) is 11.8 Å². The number of likely N-dealkylation sites (N-methyl/N-ethyl adjacent to an activating group) is 1. The number of phosphoric acid groups is 1. The Kier molecular flexibility index (Phi) is 18.9. The van der Waals surface area contributed by atoms with Crippen LogP contribution in [0, 0.1) is 11.8 Å². The third-order valence-corrected chi connectivity index (χ3v) is 6.36. The Labute approximate surface area is 231 Å². The highest BCUT2D eigenvalue weighted by atomic mass is 31.2. The normalized spacial score (nSPS) is 14.7. The van der Waals surface area contributed by atoms with Crippen LogP contribution in [0.1, 0.15) is 44.1 Å². The van der Waals surface area contributed by atoms with Crippen LogP contribution in [0.3, 0.4) is 0 Å². The van der Waals surface area contributed by atoms with Gasteiger partial charge in [0.25, 0.3) is 0 Å². The van der Waals surface area contributed by atoms with Gasteiger partial charge in [-0.2, -0.15) is 13.9 Å². The maximum atomic E-state index is 12.0. The van der Waals surface area contributed by atoms with E-state index in [0.717, 1.165) is 38.5 Å². The summed E-state index contributed by atoms with van der Waals surface area (Å²) in [6.45, 7) is 1.60. The average Bonchev–Trinajstić information content (AvgIpc) is 2.87. The maximum absolute atomic E-state index is 12.0. The van der Waals surface area contributed by atoms with Crippen molar-refractivity contribution in [2.45, 2.75) is 44.6 Å². The fraction of sp³-hybridized carbons (Fsp3) is 0.533. The van der Waals surface area contributed by atoms with Crippen LogP contribution >= 0.6 is 8.17 Å². The highest BCUT2D eigenvalue weighted by Gasteiger charge is 2.30. The molecule has 0 aliphatic carbocycles. The standard InChI is InChI=1S/C30H46NO6P/c1-31(2,3)24-26-36-38(32,33)37-28-30(34-4)27-35-25-20-15-13-11-9-7-5-6-8-10-12-14-17-21-29-22-18-16-19-23-29/h8,10,12,14,16-19,21-23,30H,7,9,11,13,15,20,24-28H2,1-4H3/p+1/b10-8+,14-12+,21-17+/t30-/m1/s1. The Bertz CT molecular complexity index is 868. The van der Waals surface area contributed by atoms with E-state index in [-0.39, 0.29) is 13.2 Å². The van der Waals surface area contributed by atoms with Crippen molar-refractivity contribution in [2.75, 3.05) is 61.2 Å². The van der Waals surface area contributed by atoms with Gasteiger partial charge in [0.15, 0.2) is 0 Å². The molecule has 0 radical (unpaired) electrons. The molecule has 0 saturated carbocycles. The van der Waals surface area contributed by atoms with Crippen LogP contribution in [0.4, 0.5) is 0 Å². The van der Waals surface area contributed by atoms with Crippen LogP contribution in [-0.4, -0.2) is 76.7 Å². The zero-order valence-corrected chi connectivity index (χ0v) is 24.5. The van der Waals surface area contributed by atoms with E-state index in [1.165, 1.54) is 12.7 Å². The average molecular weight is 549 g/mol. The minimum atomic E-state index is -4.10. The van der Waals surface area contributed by atoms with Gasteiger partial charge < -0.3 is 18.9 Å². The minimum Gasteiger partial charge on any atom is -0.606 e. The number of rotatable bonds is 20. The zero-order chi connectivity index (χ0) is 28.0. The molecule has 1 rings (SSSR count). The van der Waals surface area contributed by atoms with Gasteiger partial charge >= 0.3 is 8.17 Å². The summed E-state index contributed by atoms with van der Waals surface area (Å²) in [5, 5.41) is 0. The van der Waals surface area contributed by atoms with Crippen LogP contribution in [0.25, 0.3) is 6.08 Å². The van der Waals surface area contributed by atoms with Gasteiger partial charge in [0.2, 0.25) is 0 Å². The smallest absolute Gasteiger partial charge is 0.377 e. The van der Waals surface area contributed by atoms with Crippen LogP contribution in [0.5, 0.6) is 0 Å². The molecule has 8 heteroatoms. The molecule has 1 aromatic carbocycles. The SMILES string of the molecule is CO[C@H](COCCCCCCCC#C/C=C/C=C/C=C/c1ccccc1)CO[P+]([O-])(O)OCC[N+](C)(C)C. The molecule has 0 heterocycles. The van der Waals surface area contributed by atoms with E-state index in [4.69, 9.17) is 18.5 Å². The maximum Gasteiger partial charge on any atom is 0.377 e. The van der Waals surface area contributed by atoms with E-state index < -0.39 is 14.3 Å². The second-order valence-corrected chi connectivity index (χ2v) is 11.4. The fourth-order valence-corrected chi connectivity index (χ4v) is 3.83. The van der Waals surface area contributed by atoms with Gasteiger partial charge in [-0.25, -0.2) is 0 Å². The molecule has 38 heavy (non-hydrogen) atoms. The van der Waals surface area contributed by atoms with Crippen LogP contribution in [0.2, 0.25) is 0 Å². The van der Waals surface area contributed by atoms with E-state index in [0.29, 0.717) is 24.2 Å². The fourth-order valence-electron chi connectivity index (χ4n) is 3.09. The molecule has 1 aromatic rings. The first-order valence-corrected chi connectivity index (χ1v) is 14.8. The summed E-state index contributed by atoms with van der Waals surface area (Å²) < 4.78 is 21.6. The van der Waals surface area contributed by atoms with Crippen molar-refractivity contribution >= 4 is 14.2 Å². The van der Waals surface area contributed by atoms with E-state index in [9.17, 15) is 9.79 Å². The highest BCUT2D eigenvalue weighted by Crippen LogP contribution is 2.47. The van der Waals surface area contributed by atoms with Gasteiger partial charge in [-0.15, -0.1) is 0 Å². The van der Waals surface area contributed by atoms with Gasteiger partial charge in [-0.3, -0.25) is 0 Å². The first-order chi connectivity index (χ1) is 18.2. The molecule has 0 aliphatic heterocycles. The number of quaternary nitrogens is 1. The summed E-state index contributed by atoms with van der Waals surface area (Å²) in [5.41, 5.74) is 1.18. The molecule has 0 saturated heterocycles. The molecule has 0 aromatic heterocycles. The summed E-state index contributed by atoms with van der Waals surface area (Å²) in [7, 11) is 3.37. The third kappa shape index (κ3) is 21.1. The molecular weight excluding hydrogens is 501 g/mol. The van der Waals surface area contributed by atoms with Gasteiger partial charge in [0.05, 0.1) is 27.7 Å². The molecule has 0 fully saturated rings. The number of phosphoric ester groups is 1. The Balaban J connectivity index is 2.00. The van der Waals surface area contributed by atoms with Crippen molar-refractivity contribution in [1.29, 1.82) is 0 Å². The van der Waals surface area contributed by atoms with Gasteiger partial charge in [0, 0.05) is 20.1 Å². The molecule has 0 spiro atoms. The largest absolute Gasteiger partial charge is 0.606 e. The van der Waals surface area contributed by atoms with E-state index in [1.54, 1.807) is 0 Å². The van der Waals surface area contributed by atoms with Crippen molar-refractivity contribution < 1.29 is 32.8 Å². The number of methoxy groups -OCH3 is 1. The molecule has 0 amide bonds. The first kappa shape index (κ1) is 34.2. The molecule has 1 unspecified atom stereocenters. The quantitative estimate of drug-likeness (QED) is 0.0816. The van der Waals surface area contributed by atoms with E-state index in [1.807, 2.05) is 69.7 Å². The monoisotopic (exact) mass is 548 g/mol. The number of hydrogen-bond donors (Lipinski definition) is 1. The lowest BCUT2D eigenvalue weighted by Crippen LogP contribution is -2.38. The van der Waals surface area contributed by atoms with Crippen LogP contribution in [0.15, 0.2) is 60.7 Å². The number of hydrogen-bond acceptors (Lipinski definition) is 6. The molecule has 0 bridgehead atoms. The van der Waals surface area contributed by atoms with E-state index in [2.05, 4.69) is 30.0 Å². The highest BCUT2D eigenvalue weighted by molar-refractivity contribution is 7.52. The van der Waals surface area contributed by atoms with Crippen LogP contribution < -0.4 is 4.89 Å². The van der Waals surface area contributed by atoms with Crippen molar-refractivity contribution in [3.63, 3.8) is 0 Å². The number of benzene rings is 1. The Morgan fingerprint density at radius 3 is 2.37 bits per heavy atom. The Morgan fingerprint density at radius 1 is 0.921 bits per heavy atom. The summed E-state index contributed by atoms with van der Waals surface area (Å²) in [4.78, 5) is 21.8. The molecule has 2 atom stereocenters. The number of allylic oxidation sites excluding steroid dienone is 5. The topological polar surface area (TPSA) is 80.2 Å². The molecule has 7 nitrogen and oxygen atoms in total. The number of nitrogens with zero attached hydrogens (tertiary/aromatic N) is 1. The van der Waals surface area contributed by atoms with E-state index >= 15 is 0 Å². The molecular formula is C30H47NO6P+. The van der Waals surface area contributed by atoms with Gasteiger partial charge in [-0.1, -0.05) is 91.8 Å². The summed E-state index contributed by atoms with van der Waals surface area (Å²) >= 11 is 0.